The van der Waals surface area contributed by atoms with Crippen LogP contribution in [0.15, 0.2) is 9.85 Å². The number of rotatable bonds is 4. The molecule has 5 heteroatoms. The third-order valence-electron chi connectivity index (χ3n) is 2.55. The maximum atomic E-state index is 11.0. The van der Waals surface area contributed by atoms with Gasteiger partial charge in [0.15, 0.2) is 0 Å². The first-order valence-corrected chi connectivity index (χ1v) is 6.60. The summed E-state index contributed by atoms with van der Waals surface area (Å²) in [5, 5.41) is 9.04. The number of nitrogens with two attached hydrogens (primary N) is 1. The number of hydrogen-bond donors (Lipinski definition) is 2. The molecule has 0 fully saturated rings. The minimum Gasteiger partial charge on any atom is -0.481 e. The molecule has 0 aliphatic carbocycles. The lowest BCUT2D eigenvalue weighted by Gasteiger charge is -2.22. The molecule has 0 saturated heterocycles. The van der Waals surface area contributed by atoms with Gasteiger partial charge in [-0.15, -0.1) is 11.3 Å². The van der Waals surface area contributed by atoms with Gasteiger partial charge in [0.05, 0.1) is 9.20 Å². The minimum atomic E-state index is -0.810. The van der Waals surface area contributed by atoms with Gasteiger partial charge < -0.3 is 10.8 Å². The fraction of sp³-hybridized carbons (Fsp3) is 0.545. The molecule has 0 aliphatic heterocycles. The molecule has 1 aromatic rings. The van der Waals surface area contributed by atoms with Crippen molar-refractivity contribution < 1.29 is 9.90 Å². The molecular weight excluding hydrogens is 290 g/mol. The van der Waals surface area contributed by atoms with Crippen molar-refractivity contribution in [2.24, 2.45) is 11.1 Å². The molecule has 0 aromatic carbocycles. The van der Waals surface area contributed by atoms with E-state index in [4.69, 9.17) is 10.8 Å². The topological polar surface area (TPSA) is 63.3 Å². The van der Waals surface area contributed by atoms with Gasteiger partial charge in [-0.1, -0.05) is 0 Å². The van der Waals surface area contributed by atoms with E-state index in [1.807, 2.05) is 13.0 Å². The molecule has 1 aromatic heterocycles. The van der Waals surface area contributed by atoms with Crippen molar-refractivity contribution in [1.82, 2.24) is 0 Å². The number of carbonyl (C=O) groups is 1. The number of carboxylic acid groups (broad SMARTS) is 1. The molecule has 0 amide bonds. The molecule has 0 radical (unpaired) electrons. The first-order chi connectivity index (χ1) is 7.24. The van der Waals surface area contributed by atoms with E-state index < -0.39 is 11.4 Å². The number of carboxylic acids is 1. The predicted molar refractivity (Wildman–Crippen MR) is 69.7 cm³/mol. The smallest absolute Gasteiger partial charge is 0.309 e. The monoisotopic (exact) mass is 305 g/mol. The Labute approximate surface area is 108 Å². The molecule has 90 valence electrons. The van der Waals surface area contributed by atoms with Crippen LogP contribution in [0.5, 0.6) is 0 Å². The lowest BCUT2D eigenvalue weighted by Crippen LogP contribution is -2.28. The van der Waals surface area contributed by atoms with Crippen LogP contribution < -0.4 is 5.73 Å². The number of aliphatic carboxylic acids is 1. The van der Waals surface area contributed by atoms with E-state index in [0.717, 1.165) is 14.2 Å². The fourth-order valence-corrected chi connectivity index (χ4v) is 2.98. The molecule has 0 saturated carbocycles. The van der Waals surface area contributed by atoms with Crippen molar-refractivity contribution in [2.75, 3.05) is 0 Å². The fourth-order valence-electron chi connectivity index (χ4n) is 1.40. The lowest BCUT2D eigenvalue weighted by molar-refractivity contribution is -0.147. The number of halogens is 1. The summed E-state index contributed by atoms with van der Waals surface area (Å²) in [6.07, 6.45) is 0.439. The molecule has 1 rings (SSSR count). The first kappa shape index (κ1) is 13.7. The van der Waals surface area contributed by atoms with Crippen LogP contribution in [-0.2, 0) is 4.79 Å². The van der Waals surface area contributed by atoms with Crippen LogP contribution in [-0.4, -0.2) is 11.1 Å². The van der Waals surface area contributed by atoms with Crippen LogP contribution in [0.25, 0.3) is 0 Å². The zero-order chi connectivity index (χ0) is 12.5. The average molecular weight is 306 g/mol. The molecule has 1 heterocycles. The Morgan fingerprint density at radius 3 is 2.62 bits per heavy atom. The molecule has 0 aliphatic rings. The highest BCUT2D eigenvalue weighted by molar-refractivity contribution is 9.11. The zero-order valence-electron chi connectivity index (χ0n) is 9.58. The van der Waals surface area contributed by atoms with Crippen molar-refractivity contribution in [3.8, 4) is 0 Å². The zero-order valence-corrected chi connectivity index (χ0v) is 12.0. The molecular formula is C11H16BrNO2S. The molecule has 0 bridgehead atoms. The van der Waals surface area contributed by atoms with Gasteiger partial charge in [0.25, 0.3) is 0 Å². The Kier molecular flexibility index (Phi) is 4.15. The highest BCUT2D eigenvalue weighted by Gasteiger charge is 2.30. The highest BCUT2D eigenvalue weighted by Crippen LogP contribution is 2.35. The lowest BCUT2D eigenvalue weighted by atomic mass is 9.85. The Morgan fingerprint density at radius 2 is 2.25 bits per heavy atom. The summed E-state index contributed by atoms with van der Waals surface area (Å²) in [6.45, 7) is 5.40. The van der Waals surface area contributed by atoms with E-state index in [0.29, 0.717) is 6.42 Å². The Morgan fingerprint density at radius 1 is 1.69 bits per heavy atom. The van der Waals surface area contributed by atoms with Gasteiger partial charge in [0.1, 0.15) is 0 Å². The second-order valence-electron chi connectivity index (χ2n) is 4.61. The minimum absolute atomic E-state index is 0.221. The number of aryl methyl sites for hydroxylation is 1. The van der Waals surface area contributed by atoms with Crippen LogP contribution in [0.3, 0.4) is 0 Å². The summed E-state index contributed by atoms with van der Waals surface area (Å²) < 4.78 is 1.06. The quantitative estimate of drug-likeness (QED) is 0.897. The second-order valence-corrected chi connectivity index (χ2v) is 7.01. The summed E-state index contributed by atoms with van der Waals surface area (Å²) in [6, 6.07) is 1.79. The molecule has 3 N–H and O–H groups in total. The number of hydrogen-bond acceptors (Lipinski definition) is 3. The van der Waals surface area contributed by atoms with Crippen LogP contribution in [0.2, 0.25) is 0 Å². The van der Waals surface area contributed by atoms with Crippen LogP contribution in [0, 0.1) is 12.3 Å². The standard InChI is InChI=1S/C11H16BrNO2S/c1-6-4-8(16-9(6)12)7(13)5-11(2,3)10(14)15/h4,7H,5,13H2,1-3H3,(H,14,15). The van der Waals surface area contributed by atoms with Gasteiger partial charge >= 0.3 is 5.97 Å². The van der Waals surface area contributed by atoms with E-state index in [1.165, 1.54) is 0 Å². The third kappa shape index (κ3) is 3.06. The third-order valence-corrected chi connectivity index (χ3v) is 4.82. The predicted octanol–water partition coefficient (Wildman–Crippen LogP) is 3.32. The average Bonchev–Trinajstić information content (AvgIpc) is 2.46. The van der Waals surface area contributed by atoms with Gasteiger partial charge in [-0.2, -0.15) is 0 Å². The summed E-state index contributed by atoms with van der Waals surface area (Å²) in [5.74, 6) is -0.810. The van der Waals surface area contributed by atoms with Crippen molar-refractivity contribution >= 4 is 33.2 Å². The van der Waals surface area contributed by atoms with Gasteiger partial charge in [-0.05, 0) is 54.8 Å². The van der Waals surface area contributed by atoms with E-state index in [-0.39, 0.29) is 6.04 Å². The molecule has 0 spiro atoms. The van der Waals surface area contributed by atoms with Crippen molar-refractivity contribution in [1.29, 1.82) is 0 Å². The molecule has 3 nitrogen and oxygen atoms in total. The van der Waals surface area contributed by atoms with Crippen molar-refractivity contribution in [3.63, 3.8) is 0 Å². The largest absolute Gasteiger partial charge is 0.481 e. The van der Waals surface area contributed by atoms with Crippen molar-refractivity contribution in [3.05, 3.63) is 20.3 Å². The highest BCUT2D eigenvalue weighted by atomic mass is 79.9. The summed E-state index contributed by atoms with van der Waals surface area (Å²) in [7, 11) is 0. The first-order valence-electron chi connectivity index (χ1n) is 4.99. The van der Waals surface area contributed by atoms with Crippen molar-refractivity contribution in [2.45, 2.75) is 33.2 Å². The van der Waals surface area contributed by atoms with Gasteiger partial charge in [-0.3, -0.25) is 4.79 Å². The summed E-state index contributed by atoms with van der Waals surface area (Å²) in [4.78, 5) is 12.0. The maximum Gasteiger partial charge on any atom is 0.309 e. The Balaban J connectivity index is 2.80. The van der Waals surface area contributed by atoms with Gasteiger partial charge in [0, 0.05) is 10.9 Å². The maximum absolute atomic E-state index is 11.0. The molecule has 1 unspecified atom stereocenters. The Hall–Kier alpha value is -0.390. The van der Waals surface area contributed by atoms with Crippen LogP contribution in [0.4, 0.5) is 0 Å². The molecule has 1 atom stereocenters. The normalized spacial score (nSPS) is 13.8. The number of thiophene rings is 1. The second kappa shape index (κ2) is 4.85. The Bertz CT molecular complexity index is 381. The van der Waals surface area contributed by atoms with Crippen LogP contribution >= 0.6 is 27.3 Å². The van der Waals surface area contributed by atoms with Gasteiger partial charge in [-0.25, -0.2) is 0 Å². The summed E-state index contributed by atoms with van der Waals surface area (Å²) >= 11 is 5.01. The van der Waals surface area contributed by atoms with E-state index >= 15 is 0 Å². The summed E-state index contributed by atoms with van der Waals surface area (Å²) in [5.41, 5.74) is 6.38. The molecule has 16 heavy (non-hydrogen) atoms. The van der Waals surface area contributed by atoms with Gasteiger partial charge in [0.2, 0.25) is 0 Å². The van der Waals surface area contributed by atoms with E-state index in [1.54, 1.807) is 25.2 Å². The van der Waals surface area contributed by atoms with Crippen LogP contribution in [0.1, 0.15) is 36.8 Å². The SMILES string of the molecule is Cc1cc(C(N)CC(C)(C)C(=O)O)sc1Br. The van der Waals surface area contributed by atoms with E-state index in [9.17, 15) is 4.79 Å². The van der Waals surface area contributed by atoms with E-state index in [2.05, 4.69) is 15.9 Å².